The average Bonchev–Trinajstić information content (AvgIpc) is 3.07. The van der Waals surface area contributed by atoms with E-state index in [-0.39, 0.29) is 29.6 Å². The number of hydrogen-bond donors (Lipinski definition) is 2. The maximum absolute atomic E-state index is 12.4. The minimum Gasteiger partial charge on any atom is -0.459 e. The van der Waals surface area contributed by atoms with Gasteiger partial charge in [-0.25, -0.2) is 9.78 Å². The summed E-state index contributed by atoms with van der Waals surface area (Å²) in [6.07, 6.45) is -0.530. The third kappa shape index (κ3) is 6.91. The topological polar surface area (TPSA) is 145 Å². The molecule has 0 aliphatic rings. The van der Waals surface area contributed by atoms with Crippen LogP contribution in [0.25, 0.3) is 0 Å². The molecule has 1 aromatic heterocycles. The van der Waals surface area contributed by atoms with Crippen LogP contribution in [0.1, 0.15) is 58.0 Å². The Bertz CT molecular complexity index is 1060. The average molecular weight is 439 g/mol. The predicted octanol–water partition coefficient (Wildman–Crippen LogP) is 2.93. The Morgan fingerprint density at radius 3 is 2.65 bits per heavy atom. The molecule has 0 radical (unpaired) electrons. The number of nitrogens with one attached hydrogen (secondary N) is 2. The third-order valence-electron chi connectivity index (χ3n) is 3.93. The molecule has 2 aromatic rings. The molecule has 10 heteroatoms. The van der Waals surface area contributed by atoms with Gasteiger partial charge in [0, 0.05) is 12.0 Å². The maximum Gasteiger partial charge on any atom is 0.350 e. The number of thiazole rings is 1. The van der Waals surface area contributed by atoms with Gasteiger partial charge in [-0.05, 0) is 39.0 Å². The van der Waals surface area contributed by atoms with Gasteiger partial charge in [0.05, 0.1) is 42.0 Å². The van der Waals surface area contributed by atoms with Crippen molar-refractivity contribution in [2.24, 2.45) is 0 Å². The Hall–Kier alpha value is -3.76. The van der Waals surface area contributed by atoms with Crippen molar-refractivity contribution in [2.75, 3.05) is 5.32 Å². The summed E-state index contributed by atoms with van der Waals surface area (Å²) in [5.74, 6) is -1.47. The third-order valence-corrected chi connectivity index (χ3v) is 4.98. The molecule has 0 aliphatic carbocycles. The number of esters is 1. The van der Waals surface area contributed by atoms with Gasteiger partial charge in [-0.3, -0.25) is 9.59 Å². The number of ether oxygens (including phenoxy) is 1. The maximum atomic E-state index is 12.4. The van der Waals surface area contributed by atoms with Gasteiger partial charge >= 0.3 is 5.97 Å². The van der Waals surface area contributed by atoms with Crippen molar-refractivity contribution in [3.63, 3.8) is 0 Å². The Morgan fingerprint density at radius 1 is 1.26 bits per heavy atom. The first kappa shape index (κ1) is 23.5. The summed E-state index contributed by atoms with van der Waals surface area (Å²) in [7, 11) is 0. The van der Waals surface area contributed by atoms with Crippen LogP contribution in [0, 0.1) is 29.6 Å². The molecule has 0 saturated carbocycles. The lowest BCUT2D eigenvalue weighted by Crippen LogP contribution is -2.37. The van der Waals surface area contributed by atoms with Gasteiger partial charge in [-0.2, -0.15) is 10.5 Å². The van der Waals surface area contributed by atoms with Crippen molar-refractivity contribution in [3.8, 4) is 12.1 Å². The van der Waals surface area contributed by atoms with Gasteiger partial charge in [0.2, 0.25) is 5.91 Å². The molecule has 2 rings (SSSR count). The van der Waals surface area contributed by atoms with E-state index in [9.17, 15) is 14.4 Å². The molecule has 31 heavy (non-hydrogen) atoms. The Kier molecular flexibility index (Phi) is 8.24. The minimum absolute atomic E-state index is 0.0834. The van der Waals surface area contributed by atoms with Crippen LogP contribution in [0.15, 0.2) is 24.3 Å². The van der Waals surface area contributed by atoms with Crippen molar-refractivity contribution < 1.29 is 19.1 Å². The zero-order valence-corrected chi connectivity index (χ0v) is 18.1. The number of rotatable bonds is 8. The monoisotopic (exact) mass is 439 g/mol. The van der Waals surface area contributed by atoms with E-state index in [1.165, 1.54) is 12.1 Å². The summed E-state index contributed by atoms with van der Waals surface area (Å²) in [6, 6.07) is 9.26. The standard InChI is InChI=1S/C21H21N5O4S/c1-12(2)30-20(29)18-13(3)24-21(31-18)26-17(27)10-16(7-8-22)25-19(28)15-6-4-5-14(9-15)11-23/h4-6,9,12,16H,7,10H2,1-3H3,(H,25,28)(H,24,26,27)/t16-/m0/s1. The summed E-state index contributed by atoms with van der Waals surface area (Å²) in [5.41, 5.74) is 1.02. The molecule has 1 heterocycles. The van der Waals surface area contributed by atoms with E-state index >= 15 is 0 Å². The highest BCUT2D eigenvalue weighted by atomic mass is 32.1. The Labute approximate surface area is 183 Å². The lowest BCUT2D eigenvalue weighted by molar-refractivity contribution is -0.116. The Morgan fingerprint density at radius 2 is 2.00 bits per heavy atom. The molecule has 1 aromatic carbocycles. The van der Waals surface area contributed by atoms with Gasteiger partial charge in [0.25, 0.3) is 5.91 Å². The van der Waals surface area contributed by atoms with Crippen molar-refractivity contribution in [2.45, 2.75) is 45.8 Å². The van der Waals surface area contributed by atoms with E-state index in [0.717, 1.165) is 11.3 Å². The number of benzene rings is 1. The Balaban J connectivity index is 2.03. The van der Waals surface area contributed by atoms with Gasteiger partial charge in [0.15, 0.2) is 5.13 Å². The molecule has 0 aliphatic heterocycles. The first-order valence-corrected chi connectivity index (χ1v) is 10.2. The second kappa shape index (κ2) is 10.9. The fourth-order valence-corrected chi connectivity index (χ4v) is 3.45. The summed E-state index contributed by atoms with van der Waals surface area (Å²) in [4.78, 5) is 41.4. The van der Waals surface area contributed by atoms with Gasteiger partial charge in [0.1, 0.15) is 4.88 Å². The number of carbonyl (C=O) groups excluding carboxylic acids is 3. The van der Waals surface area contributed by atoms with E-state index < -0.39 is 23.8 Å². The summed E-state index contributed by atoms with van der Waals surface area (Å²) < 4.78 is 5.15. The van der Waals surface area contributed by atoms with E-state index in [1.54, 1.807) is 32.9 Å². The number of carbonyl (C=O) groups is 3. The number of hydrogen-bond acceptors (Lipinski definition) is 8. The first-order chi connectivity index (χ1) is 14.7. The highest BCUT2D eigenvalue weighted by Crippen LogP contribution is 2.24. The fourth-order valence-electron chi connectivity index (χ4n) is 2.58. The number of aromatic nitrogens is 1. The van der Waals surface area contributed by atoms with Crippen molar-refractivity contribution in [3.05, 3.63) is 46.0 Å². The smallest absolute Gasteiger partial charge is 0.350 e. The number of nitrogens with zero attached hydrogens (tertiary/aromatic N) is 3. The molecule has 160 valence electrons. The van der Waals surface area contributed by atoms with Crippen LogP contribution in [-0.4, -0.2) is 34.9 Å². The molecule has 1 atom stereocenters. The fraction of sp³-hybridized carbons (Fsp3) is 0.333. The number of anilines is 1. The van der Waals surface area contributed by atoms with Crippen LogP contribution in [0.2, 0.25) is 0 Å². The molecule has 9 nitrogen and oxygen atoms in total. The molecule has 0 saturated heterocycles. The van der Waals surface area contributed by atoms with E-state index in [0.29, 0.717) is 16.1 Å². The number of amides is 2. The van der Waals surface area contributed by atoms with Gasteiger partial charge in [-0.1, -0.05) is 17.4 Å². The van der Waals surface area contributed by atoms with Crippen LogP contribution in [0.3, 0.4) is 0 Å². The molecule has 2 amide bonds. The largest absolute Gasteiger partial charge is 0.459 e. The van der Waals surface area contributed by atoms with E-state index in [1.807, 2.05) is 12.1 Å². The number of aryl methyl sites for hydroxylation is 1. The van der Waals surface area contributed by atoms with E-state index in [2.05, 4.69) is 15.6 Å². The highest BCUT2D eigenvalue weighted by molar-refractivity contribution is 7.17. The first-order valence-electron chi connectivity index (χ1n) is 9.39. The van der Waals surface area contributed by atoms with Crippen molar-refractivity contribution >= 4 is 34.3 Å². The van der Waals surface area contributed by atoms with Crippen LogP contribution in [0.5, 0.6) is 0 Å². The normalized spacial score (nSPS) is 11.2. The molecule has 0 fully saturated rings. The van der Waals surface area contributed by atoms with Crippen molar-refractivity contribution in [1.29, 1.82) is 10.5 Å². The summed E-state index contributed by atoms with van der Waals surface area (Å²) in [5, 5.41) is 23.4. The van der Waals surface area contributed by atoms with Crippen molar-refractivity contribution in [1.82, 2.24) is 10.3 Å². The summed E-state index contributed by atoms with van der Waals surface area (Å²) >= 11 is 0.993. The lowest BCUT2D eigenvalue weighted by atomic mass is 10.1. The second-order valence-electron chi connectivity index (χ2n) is 6.87. The SMILES string of the molecule is Cc1nc(NC(=O)C[C@H](CC#N)NC(=O)c2cccc(C#N)c2)sc1C(=O)OC(C)C. The molecule has 0 unspecified atom stereocenters. The van der Waals surface area contributed by atoms with E-state index in [4.69, 9.17) is 15.3 Å². The quantitative estimate of drug-likeness (QED) is 0.601. The van der Waals surface area contributed by atoms with Crippen LogP contribution in [-0.2, 0) is 9.53 Å². The predicted molar refractivity (Wildman–Crippen MR) is 113 cm³/mol. The zero-order valence-electron chi connectivity index (χ0n) is 17.3. The van der Waals surface area contributed by atoms with Crippen LogP contribution < -0.4 is 10.6 Å². The lowest BCUT2D eigenvalue weighted by Gasteiger charge is -2.15. The van der Waals surface area contributed by atoms with Gasteiger partial charge < -0.3 is 15.4 Å². The minimum atomic E-state index is -0.741. The summed E-state index contributed by atoms with van der Waals surface area (Å²) in [6.45, 7) is 5.10. The van der Waals surface area contributed by atoms with Crippen LogP contribution in [0.4, 0.5) is 5.13 Å². The highest BCUT2D eigenvalue weighted by Gasteiger charge is 2.21. The molecular weight excluding hydrogens is 418 g/mol. The molecule has 2 N–H and O–H groups in total. The van der Waals surface area contributed by atoms with Gasteiger partial charge in [-0.15, -0.1) is 0 Å². The second-order valence-corrected chi connectivity index (χ2v) is 7.86. The van der Waals surface area contributed by atoms with Crippen LogP contribution >= 0.6 is 11.3 Å². The number of nitriles is 2. The molecule has 0 spiro atoms. The molecular formula is C21H21N5O4S. The molecule has 0 bridgehead atoms. The zero-order chi connectivity index (χ0) is 23.0.